The highest BCUT2D eigenvalue weighted by atomic mass is 35.5. The van der Waals surface area contributed by atoms with E-state index in [2.05, 4.69) is 25.3 Å². The molecule has 1 aliphatic heterocycles. The number of hydrogen-bond donors (Lipinski definition) is 2. The average molecular weight is 504 g/mol. The summed E-state index contributed by atoms with van der Waals surface area (Å²) in [5, 5.41) is 17.0. The highest BCUT2D eigenvalue weighted by Crippen LogP contribution is 2.24. The summed E-state index contributed by atoms with van der Waals surface area (Å²) in [5.41, 5.74) is 1.59. The number of benzene rings is 1. The Morgan fingerprint density at radius 3 is 2.62 bits per heavy atom. The molecule has 1 aromatic carbocycles. The molecule has 11 heteroatoms. The van der Waals surface area contributed by atoms with Crippen LogP contribution in [0.5, 0.6) is 0 Å². The molecular formula is C23H23Cl2N5O4. The zero-order valence-electron chi connectivity index (χ0n) is 18.2. The van der Waals surface area contributed by atoms with E-state index < -0.39 is 5.97 Å². The molecule has 0 bridgehead atoms. The summed E-state index contributed by atoms with van der Waals surface area (Å²) in [7, 11) is 0. The second-order valence-electron chi connectivity index (χ2n) is 8.12. The largest absolute Gasteiger partial charge is 0.478 e. The zero-order chi connectivity index (χ0) is 24.1. The molecule has 2 N–H and O–H groups in total. The Morgan fingerprint density at radius 2 is 1.94 bits per heavy atom. The average Bonchev–Trinajstić information content (AvgIpc) is 3.31. The number of carbonyl (C=O) groups is 2. The highest BCUT2D eigenvalue weighted by molar-refractivity contribution is 6.42. The van der Waals surface area contributed by atoms with E-state index in [0.717, 1.165) is 38.0 Å². The van der Waals surface area contributed by atoms with Crippen LogP contribution in [-0.2, 0) is 17.8 Å². The molecule has 34 heavy (non-hydrogen) atoms. The van der Waals surface area contributed by atoms with Crippen LogP contribution in [0.2, 0.25) is 10.0 Å². The van der Waals surface area contributed by atoms with E-state index in [0.29, 0.717) is 28.1 Å². The Hall–Kier alpha value is -3.01. The number of nitrogens with one attached hydrogen (secondary N) is 1. The van der Waals surface area contributed by atoms with Gasteiger partial charge in [-0.05, 0) is 42.7 Å². The number of halogens is 2. The first-order chi connectivity index (χ1) is 16.4. The number of carbonyl (C=O) groups excluding carboxylic acids is 1. The molecule has 3 aromatic rings. The number of carboxylic acids is 1. The molecule has 2 aromatic heterocycles. The molecule has 0 spiro atoms. The number of likely N-dealkylation sites (tertiary alicyclic amines) is 1. The van der Waals surface area contributed by atoms with Crippen LogP contribution < -0.4 is 5.32 Å². The SMILES string of the molecule is O=C(CCc1nc(-c2ccc(C(=O)O)cn2)no1)NC1CCN(Cc2ccc(Cl)c(Cl)c2)CC1. The lowest BCUT2D eigenvalue weighted by molar-refractivity contribution is -0.122. The Bertz CT molecular complexity index is 1160. The normalized spacial score (nSPS) is 14.8. The van der Waals surface area contributed by atoms with Crippen LogP contribution in [0.15, 0.2) is 41.1 Å². The first-order valence-electron chi connectivity index (χ1n) is 10.9. The van der Waals surface area contributed by atoms with Crippen molar-refractivity contribution in [1.82, 2.24) is 25.3 Å². The van der Waals surface area contributed by atoms with Gasteiger partial charge < -0.3 is 14.9 Å². The quantitative estimate of drug-likeness (QED) is 0.475. The van der Waals surface area contributed by atoms with Gasteiger partial charge in [0.15, 0.2) is 0 Å². The fraction of sp³-hybridized carbons (Fsp3) is 0.348. The first kappa shape index (κ1) is 24.1. The van der Waals surface area contributed by atoms with Gasteiger partial charge in [-0.15, -0.1) is 0 Å². The van der Waals surface area contributed by atoms with Crippen molar-refractivity contribution in [1.29, 1.82) is 0 Å². The van der Waals surface area contributed by atoms with Crippen LogP contribution in [0.4, 0.5) is 0 Å². The van der Waals surface area contributed by atoms with Gasteiger partial charge in [-0.2, -0.15) is 4.98 Å². The van der Waals surface area contributed by atoms with E-state index in [4.69, 9.17) is 32.8 Å². The maximum atomic E-state index is 12.4. The molecule has 3 heterocycles. The molecule has 1 amide bonds. The Morgan fingerprint density at radius 1 is 1.15 bits per heavy atom. The Kier molecular flexibility index (Phi) is 7.77. The van der Waals surface area contributed by atoms with Crippen LogP contribution in [-0.4, -0.2) is 56.1 Å². The summed E-state index contributed by atoms with van der Waals surface area (Å²) < 4.78 is 5.20. The van der Waals surface area contributed by atoms with E-state index in [1.54, 1.807) is 0 Å². The molecule has 4 rings (SSSR count). The number of piperidine rings is 1. The summed E-state index contributed by atoms with van der Waals surface area (Å²) in [6.07, 6.45) is 3.52. The van der Waals surface area contributed by atoms with Gasteiger partial charge in [-0.25, -0.2) is 4.79 Å². The lowest BCUT2D eigenvalue weighted by Gasteiger charge is -2.32. The van der Waals surface area contributed by atoms with Gasteiger partial charge in [-0.1, -0.05) is 34.4 Å². The Balaban J connectivity index is 1.20. The van der Waals surface area contributed by atoms with Crippen molar-refractivity contribution in [2.24, 2.45) is 0 Å². The van der Waals surface area contributed by atoms with Crippen LogP contribution >= 0.6 is 23.2 Å². The van der Waals surface area contributed by atoms with Gasteiger partial charge in [0.1, 0.15) is 5.69 Å². The number of rotatable bonds is 8. The number of amides is 1. The third-order valence-electron chi connectivity index (χ3n) is 5.62. The fourth-order valence-corrected chi connectivity index (χ4v) is 4.09. The topological polar surface area (TPSA) is 121 Å². The van der Waals surface area contributed by atoms with Gasteiger partial charge in [0.25, 0.3) is 0 Å². The van der Waals surface area contributed by atoms with Crippen LogP contribution in [0.3, 0.4) is 0 Å². The van der Waals surface area contributed by atoms with Crippen LogP contribution in [0.1, 0.15) is 41.1 Å². The fourth-order valence-electron chi connectivity index (χ4n) is 3.76. The van der Waals surface area contributed by atoms with Gasteiger partial charge in [0.05, 0.1) is 15.6 Å². The molecule has 1 fully saturated rings. The molecule has 1 aliphatic rings. The number of aryl methyl sites for hydroxylation is 1. The summed E-state index contributed by atoms with van der Waals surface area (Å²) in [6, 6.07) is 8.74. The van der Waals surface area contributed by atoms with E-state index in [-0.39, 0.29) is 29.8 Å². The van der Waals surface area contributed by atoms with Crippen molar-refractivity contribution in [2.75, 3.05) is 13.1 Å². The van der Waals surface area contributed by atoms with Crippen molar-refractivity contribution >= 4 is 35.1 Å². The Labute approximate surface area is 206 Å². The van der Waals surface area contributed by atoms with Crippen LogP contribution in [0, 0.1) is 0 Å². The number of aromatic carboxylic acids is 1. The number of hydrogen-bond acceptors (Lipinski definition) is 7. The molecule has 0 unspecified atom stereocenters. The molecule has 0 atom stereocenters. The molecule has 1 saturated heterocycles. The molecule has 0 aliphatic carbocycles. The van der Waals surface area contributed by atoms with E-state index in [1.165, 1.54) is 18.3 Å². The lowest BCUT2D eigenvalue weighted by Crippen LogP contribution is -2.44. The molecular weight excluding hydrogens is 481 g/mol. The number of nitrogens with zero attached hydrogens (tertiary/aromatic N) is 4. The number of pyridine rings is 1. The third-order valence-corrected chi connectivity index (χ3v) is 6.36. The van der Waals surface area contributed by atoms with Crippen molar-refractivity contribution in [2.45, 2.75) is 38.3 Å². The zero-order valence-corrected chi connectivity index (χ0v) is 19.7. The summed E-state index contributed by atoms with van der Waals surface area (Å²) in [6.45, 7) is 2.56. The second-order valence-corrected chi connectivity index (χ2v) is 8.93. The standard InChI is InChI=1S/C23H23Cl2N5O4/c24-17-3-1-14(11-18(17)25)13-30-9-7-16(8-10-30)27-20(31)5-6-21-28-22(29-34-21)19-4-2-15(12-26-19)23(32)33/h1-4,11-12,16H,5-10,13H2,(H,27,31)(H,32,33). The van der Waals surface area contributed by atoms with Crippen molar-refractivity contribution in [3.8, 4) is 11.5 Å². The highest BCUT2D eigenvalue weighted by Gasteiger charge is 2.21. The molecule has 0 radical (unpaired) electrons. The van der Waals surface area contributed by atoms with Crippen molar-refractivity contribution in [3.63, 3.8) is 0 Å². The van der Waals surface area contributed by atoms with E-state index in [9.17, 15) is 9.59 Å². The van der Waals surface area contributed by atoms with Gasteiger partial charge in [0, 0.05) is 44.7 Å². The molecule has 9 nitrogen and oxygen atoms in total. The maximum Gasteiger partial charge on any atom is 0.337 e. The lowest BCUT2D eigenvalue weighted by atomic mass is 10.0. The first-order valence-corrected chi connectivity index (χ1v) is 11.6. The minimum absolute atomic E-state index is 0.0633. The maximum absolute atomic E-state index is 12.4. The smallest absolute Gasteiger partial charge is 0.337 e. The predicted octanol–water partition coefficient (Wildman–Crippen LogP) is 3.85. The number of aromatic nitrogens is 3. The summed E-state index contributed by atoms with van der Waals surface area (Å²) >= 11 is 12.1. The molecule has 178 valence electrons. The van der Waals surface area contributed by atoms with Crippen molar-refractivity contribution in [3.05, 3.63) is 63.6 Å². The predicted molar refractivity (Wildman–Crippen MR) is 126 cm³/mol. The van der Waals surface area contributed by atoms with E-state index >= 15 is 0 Å². The van der Waals surface area contributed by atoms with Gasteiger partial charge >= 0.3 is 5.97 Å². The van der Waals surface area contributed by atoms with E-state index in [1.807, 2.05) is 18.2 Å². The van der Waals surface area contributed by atoms with Crippen LogP contribution in [0.25, 0.3) is 11.5 Å². The second kappa shape index (κ2) is 10.9. The summed E-state index contributed by atoms with van der Waals surface area (Å²) in [5.74, 6) is -0.546. The van der Waals surface area contributed by atoms with Gasteiger partial charge in [0.2, 0.25) is 17.6 Å². The monoisotopic (exact) mass is 503 g/mol. The minimum atomic E-state index is -1.06. The minimum Gasteiger partial charge on any atom is -0.478 e. The third kappa shape index (κ3) is 6.31. The molecule has 0 saturated carbocycles. The van der Waals surface area contributed by atoms with Crippen molar-refractivity contribution < 1.29 is 19.2 Å². The van der Waals surface area contributed by atoms with Gasteiger partial charge in [-0.3, -0.25) is 14.7 Å². The number of carboxylic acid groups (broad SMARTS) is 1. The summed E-state index contributed by atoms with van der Waals surface area (Å²) in [4.78, 5) is 33.9.